The van der Waals surface area contributed by atoms with Gasteiger partial charge in [0.1, 0.15) is 6.04 Å². The average molecular weight is 316 g/mol. The van der Waals surface area contributed by atoms with Crippen LogP contribution in [0, 0.1) is 6.92 Å². The number of amides is 1. The Kier molecular flexibility index (Phi) is 6.39. The van der Waals surface area contributed by atoms with E-state index in [2.05, 4.69) is 33.3 Å². The molecule has 5 heteroatoms. The SMILES string of the molecule is CCCCCCNC(=O)C(C)n1cc(Br)c(C)n1. The van der Waals surface area contributed by atoms with Crippen molar-refractivity contribution >= 4 is 21.8 Å². The summed E-state index contributed by atoms with van der Waals surface area (Å²) in [5.74, 6) is 0.0292. The van der Waals surface area contributed by atoms with E-state index in [0.29, 0.717) is 0 Å². The minimum Gasteiger partial charge on any atom is -0.354 e. The summed E-state index contributed by atoms with van der Waals surface area (Å²) in [6.07, 6.45) is 6.52. The van der Waals surface area contributed by atoms with Crippen molar-refractivity contribution in [3.05, 3.63) is 16.4 Å². The van der Waals surface area contributed by atoms with Gasteiger partial charge in [0.15, 0.2) is 0 Å². The van der Waals surface area contributed by atoms with E-state index in [1.165, 1.54) is 19.3 Å². The summed E-state index contributed by atoms with van der Waals surface area (Å²) in [5.41, 5.74) is 0.901. The van der Waals surface area contributed by atoms with Crippen molar-refractivity contribution < 1.29 is 4.79 Å². The van der Waals surface area contributed by atoms with E-state index in [1.807, 2.05) is 20.0 Å². The number of nitrogens with zero attached hydrogens (tertiary/aromatic N) is 2. The summed E-state index contributed by atoms with van der Waals surface area (Å²) in [7, 11) is 0. The Labute approximate surface area is 117 Å². The molecular weight excluding hydrogens is 294 g/mol. The fraction of sp³-hybridized carbons (Fsp3) is 0.692. The van der Waals surface area contributed by atoms with Gasteiger partial charge in [-0.2, -0.15) is 5.10 Å². The maximum Gasteiger partial charge on any atom is 0.244 e. The maximum atomic E-state index is 11.9. The highest BCUT2D eigenvalue weighted by Gasteiger charge is 2.16. The third-order valence-electron chi connectivity index (χ3n) is 2.96. The van der Waals surface area contributed by atoms with E-state index < -0.39 is 0 Å². The number of hydrogen-bond acceptors (Lipinski definition) is 2. The summed E-state index contributed by atoms with van der Waals surface area (Å²) in [6.45, 7) is 6.71. The molecular formula is C13H22BrN3O. The molecule has 0 saturated carbocycles. The molecule has 1 N–H and O–H groups in total. The number of rotatable bonds is 7. The summed E-state index contributed by atoms with van der Waals surface area (Å²) >= 11 is 3.40. The zero-order valence-corrected chi connectivity index (χ0v) is 13.0. The fourth-order valence-corrected chi connectivity index (χ4v) is 1.98. The molecule has 0 radical (unpaired) electrons. The number of carbonyl (C=O) groups excluding carboxylic acids is 1. The molecule has 1 unspecified atom stereocenters. The quantitative estimate of drug-likeness (QED) is 0.785. The zero-order valence-electron chi connectivity index (χ0n) is 11.4. The number of aromatic nitrogens is 2. The van der Waals surface area contributed by atoms with Crippen LogP contribution in [0.1, 0.15) is 51.3 Å². The number of unbranched alkanes of at least 4 members (excludes halogenated alkanes) is 3. The molecule has 0 aliphatic heterocycles. The van der Waals surface area contributed by atoms with E-state index in [9.17, 15) is 4.79 Å². The molecule has 18 heavy (non-hydrogen) atoms. The molecule has 1 aromatic heterocycles. The first kappa shape index (κ1) is 15.2. The van der Waals surface area contributed by atoms with Gasteiger partial charge in [-0.25, -0.2) is 0 Å². The van der Waals surface area contributed by atoms with E-state index in [0.717, 1.165) is 23.1 Å². The monoisotopic (exact) mass is 315 g/mol. The van der Waals surface area contributed by atoms with Crippen LogP contribution >= 0.6 is 15.9 Å². The van der Waals surface area contributed by atoms with Crippen LogP contribution in [0.15, 0.2) is 10.7 Å². The summed E-state index contributed by atoms with van der Waals surface area (Å²) in [6, 6.07) is -0.263. The Morgan fingerprint density at radius 2 is 2.22 bits per heavy atom. The van der Waals surface area contributed by atoms with Gasteiger partial charge in [-0.3, -0.25) is 9.48 Å². The summed E-state index contributed by atoms with van der Waals surface area (Å²) < 4.78 is 2.63. The normalized spacial score (nSPS) is 12.4. The molecule has 1 amide bonds. The standard InChI is InChI=1S/C13H22BrN3O/c1-4-5-6-7-8-15-13(18)11(3)17-9-12(14)10(2)16-17/h9,11H,4-8H2,1-3H3,(H,15,18). The topological polar surface area (TPSA) is 46.9 Å². The van der Waals surface area contributed by atoms with Gasteiger partial charge >= 0.3 is 0 Å². The van der Waals surface area contributed by atoms with Gasteiger partial charge in [0.25, 0.3) is 0 Å². The van der Waals surface area contributed by atoms with Crippen LogP contribution in [0.2, 0.25) is 0 Å². The second-order valence-electron chi connectivity index (χ2n) is 4.57. The van der Waals surface area contributed by atoms with Crippen LogP contribution in [0.25, 0.3) is 0 Å². The Morgan fingerprint density at radius 1 is 1.50 bits per heavy atom. The molecule has 102 valence electrons. The highest BCUT2D eigenvalue weighted by Crippen LogP contribution is 2.16. The largest absolute Gasteiger partial charge is 0.354 e. The van der Waals surface area contributed by atoms with Crippen LogP contribution in [0.3, 0.4) is 0 Å². The lowest BCUT2D eigenvalue weighted by Gasteiger charge is -2.12. The molecule has 4 nitrogen and oxygen atoms in total. The minimum absolute atomic E-state index is 0.0292. The Morgan fingerprint density at radius 3 is 2.78 bits per heavy atom. The molecule has 1 aromatic rings. The molecule has 0 aromatic carbocycles. The summed E-state index contributed by atoms with van der Waals surface area (Å²) in [4.78, 5) is 11.9. The third-order valence-corrected chi connectivity index (χ3v) is 3.74. The number of carbonyl (C=O) groups is 1. The molecule has 1 atom stereocenters. The number of nitrogens with one attached hydrogen (secondary N) is 1. The first-order valence-corrected chi connectivity index (χ1v) is 7.34. The molecule has 0 saturated heterocycles. The van der Waals surface area contributed by atoms with E-state index >= 15 is 0 Å². The van der Waals surface area contributed by atoms with Gasteiger partial charge in [0.2, 0.25) is 5.91 Å². The van der Waals surface area contributed by atoms with Crippen molar-refractivity contribution in [2.75, 3.05) is 6.54 Å². The van der Waals surface area contributed by atoms with Crippen LogP contribution in [0.5, 0.6) is 0 Å². The Bertz CT molecular complexity index is 370. The van der Waals surface area contributed by atoms with E-state index in [1.54, 1.807) is 4.68 Å². The molecule has 0 aliphatic rings. The highest BCUT2D eigenvalue weighted by atomic mass is 79.9. The van der Waals surface area contributed by atoms with Crippen molar-refractivity contribution in [3.8, 4) is 0 Å². The Balaban J connectivity index is 2.37. The van der Waals surface area contributed by atoms with Crippen LogP contribution < -0.4 is 5.32 Å². The third kappa shape index (κ3) is 4.44. The van der Waals surface area contributed by atoms with Gasteiger partial charge in [0, 0.05) is 12.7 Å². The summed E-state index contributed by atoms with van der Waals surface area (Å²) in [5, 5.41) is 7.25. The predicted octanol–water partition coefficient (Wildman–Crippen LogP) is 3.21. The average Bonchev–Trinajstić information content (AvgIpc) is 2.68. The first-order chi connectivity index (χ1) is 8.56. The molecule has 0 bridgehead atoms. The highest BCUT2D eigenvalue weighted by molar-refractivity contribution is 9.10. The minimum atomic E-state index is -0.263. The van der Waals surface area contributed by atoms with Crippen LogP contribution in [-0.2, 0) is 4.79 Å². The fourth-order valence-electron chi connectivity index (χ4n) is 1.69. The van der Waals surface area contributed by atoms with Crippen LogP contribution in [-0.4, -0.2) is 22.2 Å². The first-order valence-electron chi connectivity index (χ1n) is 6.55. The smallest absolute Gasteiger partial charge is 0.244 e. The van der Waals surface area contributed by atoms with Crippen LogP contribution in [0.4, 0.5) is 0 Å². The lowest BCUT2D eigenvalue weighted by molar-refractivity contribution is -0.124. The Hall–Kier alpha value is -0.840. The van der Waals surface area contributed by atoms with E-state index in [4.69, 9.17) is 0 Å². The van der Waals surface area contributed by atoms with Gasteiger partial charge < -0.3 is 5.32 Å². The maximum absolute atomic E-state index is 11.9. The molecule has 1 heterocycles. The molecule has 0 aliphatic carbocycles. The second kappa shape index (κ2) is 7.56. The van der Waals surface area contributed by atoms with Crippen molar-refractivity contribution in [3.63, 3.8) is 0 Å². The zero-order chi connectivity index (χ0) is 13.5. The van der Waals surface area contributed by atoms with Gasteiger partial charge in [0.05, 0.1) is 10.2 Å². The number of aryl methyl sites for hydroxylation is 1. The predicted molar refractivity (Wildman–Crippen MR) is 76.5 cm³/mol. The molecule has 0 spiro atoms. The lowest BCUT2D eigenvalue weighted by atomic mass is 10.2. The lowest BCUT2D eigenvalue weighted by Crippen LogP contribution is -2.32. The van der Waals surface area contributed by atoms with Gasteiger partial charge in [-0.1, -0.05) is 26.2 Å². The molecule has 1 rings (SSSR count). The second-order valence-corrected chi connectivity index (χ2v) is 5.42. The molecule has 0 fully saturated rings. The number of hydrogen-bond donors (Lipinski definition) is 1. The van der Waals surface area contributed by atoms with Gasteiger partial charge in [-0.15, -0.1) is 0 Å². The van der Waals surface area contributed by atoms with Gasteiger partial charge in [-0.05, 0) is 36.2 Å². The van der Waals surface area contributed by atoms with Crippen molar-refractivity contribution in [2.24, 2.45) is 0 Å². The van der Waals surface area contributed by atoms with Crippen molar-refractivity contribution in [2.45, 2.75) is 52.5 Å². The van der Waals surface area contributed by atoms with Crippen molar-refractivity contribution in [1.29, 1.82) is 0 Å². The van der Waals surface area contributed by atoms with E-state index in [-0.39, 0.29) is 11.9 Å². The number of halogens is 1. The van der Waals surface area contributed by atoms with Crippen molar-refractivity contribution in [1.82, 2.24) is 15.1 Å².